The SMILES string of the molecule is CCc1ccc(C(C#N)Cc2ccccc2Cl)cc1. The molecule has 0 aromatic heterocycles. The molecule has 0 amide bonds. The minimum absolute atomic E-state index is 0.147. The molecule has 1 nitrogen and oxygen atoms in total. The van der Waals surface area contributed by atoms with Gasteiger partial charge in [-0.15, -0.1) is 0 Å². The molecule has 0 N–H and O–H groups in total. The molecule has 0 aliphatic carbocycles. The number of aryl methyl sites for hydroxylation is 1. The Balaban J connectivity index is 2.21. The van der Waals surface area contributed by atoms with E-state index >= 15 is 0 Å². The molecule has 0 aliphatic rings. The van der Waals surface area contributed by atoms with Crippen molar-refractivity contribution in [2.24, 2.45) is 0 Å². The summed E-state index contributed by atoms with van der Waals surface area (Å²) in [4.78, 5) is 0. The highest BCUT2D eigenvalue weighted by atomic mass is 35.5. The Hall–Kier alpha value is -1.78. The van der Waals surface area contributed by atoms with E-state index in [1.165, 1.54) is 5.56 Å². The molecule has 1 atom stereocenters. The zero-order valence-electron chi connectivity index (χ0n) is 10.9. The minimum Gasteiger partial charge on any atom is -0.198 e. The van der Waals surface area contributed by atoms with Gasteiger partial charge in [0.15, 0.2) is 0 Å². The molecule has 0 heterocycles. The summed E-state index contributed by atoms with van der Waals surface area (Å²) in [5, 5.41) is 10.1. The van der Waals surface area contributed by atoms with E-state index < -0.39 is 0 Å². The van der Waals surface area contributed by atoms with Gasteiger partial charge in [-0.05, 0) is 35.6 Å². The second-order valence-electron chi connectivity index (χ2n) is 4.57. The van der Waals surface area contributed by atoms with E-state index in [9.17, 15) is 5.26 Å². The monoisotopic (exact) mass is 269 g/mol. The number of hydrogen-bond donors (Lipinski definition) is 0. The lowest BCUT2D eigenvalue weighted by atomic mass is 9.92. The van der Waals surface area contributed by atoms with Crippen molar-refractivity contribution in [3.63, 3.8) is 0 Å². The summed E-state index contributed by atoms with van der Waals surface area (Å²) in [6.45, 7) is 2.13. The Morgan fingerprint density at radius 2 is 1.79 bits per heavy atom. The standard InChI is InChI=1S/C17H16ClN/c1-2-13-7-9-14(10-8-13)16(12-19)11-15-5-3-4-6-17(15)18/h3-10,16H,2,11H2,1H3. The molecule has 0 saturated heterocycles. The van der Waals surface area contributed by atoms with E-state index in [4.69, 9.17) is 11.6 Å². The maximum Gasteiger partial charge on any atom is 0.0753 e. The van der Waals surface area contributed by atoms with Crippen molar-refractivity contribution >= 4 is 11.6 Å². The number of hydrogen-bond acceptors (Lipinski definition) is 1. The highest BCUT2D eigenvalue weighted by Crippen LogP contribution is 2.25. The Kier molecular flexibility index (Phi) is 4.60. The first-order chi connectivity index (χ1) is 9.24. The van der Waals surface area contributed by atoms with Crippen molar-refractivity contribution in [1.82, 2.24) is 0 Å². The van der Waals surface area contributed by atoms with Crippen molar-refractivity contribution in [3.8, 4) is 6.07 Å². The Morgan fingerprint density at radius 3 is 2.37 bits per heavy atom. The fourth-order valence-electron chi connectivity index (χ4n) is 2.11. The van der Waals surface area contributed by atoms with Gasteiger partial charge in [0.25, 0.3) is 0 Å². The first kappa shape index (κ1) is 13.6. The van der Waals surface area contributed by atoms with Crippen molar-refractivity contribution in [2.45, 2.75) is 25.7 Å². The summed E-state index contributed by atoms with van der Waals surface area (Å²) in [6, 6.07) is 18.3. The normalized spacial score (nSPS) is 11.8. The molecule has 0 fully saturated rings. The van der Waals surface area contributed by atoms with Crippen molar-refractivity contribution in [1.29, 1.82) is 5.26 Å². The van der Waals surface area contributed by atoms with E-state index in [1.807, 2.05) is 36.4 Å². The molecule has 0 radical (unpaired) electrons. The van der Waals surface area contributed by atoms with Gasteiger partial charge in [0.2, 0.25) is 0 Å². The molecular formula is C17H16ClN. The van der Waals surface area contributed by atoms with Gasteiger partial charge >= 0.3 is 0 Å². The molecule has 2 aromatic rings. The van der Waals surface area contributed by atoms with Gasteiger partial charge in [-0.2, -0.15) is 5.26 Å². The molecule has 0 aliphatic heterocycles. The van der Waals surface area contributed by atoms with Crippen LogP contribution in [0.4, 0.5) is 0 Å². The quantitative estimate of drug-likeness (QED) is 0.786. The lowest BCUT2D eigenvalue weighted by molar-refractivity contribution is 0.848. The van der Waals surface area contributed by atoms with Crippen molar-refractivity contribution in [2.75, 3.05) is 0 Å². The van der Waals surface area contributed by atoms with Crippen LogP contribution in [0, 0.1) is 11.3 Å². The van der Waals surface area contributed by atoms with Crippen LogP contribution in [-0.2, 0) is 12.8 Å². The highest BCUT2D eigenvalue weighted by molar-refractivity contribution is 6.31. The van der Waals surface area contributed by atoms with Crippen molar-refractivity contribution < 1.29 is 0 Å². The van der Waals surface area contributed by atoms with E-state index in [0.717, 1.165) is 22.6 Å². The second kappa shape index (κ2) is 6.41. The van der Waals surface area contributed by atoms with Crippen LogP contribution in [-0.4, -0.2) is 0 Å². The number of nitriles is 1. The van der Waals surface area contributed by atoms with Gasteiger partial charge in [-0.1, -0.05) is 61.0 Å². The Morgan fingerprint density at radius 1 is 1.11 bits per heavy atom. The molecule has 0 bridgehead atoms. The van der Waals surface area contributed by atoms with Crippen LogP contribution in [0.15, 0.2) is 48.5 Å². The summed E-state index contributed by atoms with van der Waals surface area (Å²) in [5.41, 5.74) is 3.37. The summed E-state index contributed by atoms with van der Waals surface area (Å²) in [6.07, 6.45) is 1.67. The van der Waals surface area contributed by atoms with Gasteiger partial charge in [-0.25, -0.2) is 0 Å². The maximum absolute atomic E-state index is 9.37. The Bertz CT molecular complexity index is 581. The van der Waals surface area contributed by atoms with Crippen LogP contribution in [0.25, 0.3) is 0 Å². The lowest BCUT2D eigenvalue weighted by Crippen LogP contribution is -2.01. The summed E-state index contributed by atoms with van der Waals surface area (Å²) in [7, 11) is 0. The van der Waals surface area contributed by atoms with Gasteiger partial charge in [-0.3, -0.25) is 0 Å². The number of rotatable bonds is 4. The van der Waals surface area contributed by atoms with Gasteiger partial charge in [0.1, 0.15) is 0 Å². The van der Waals surface area contributed by atoms with Gasteiger partial charge in [0.05, 0.1) is 12.0 Å². The predicted molar refractivity (Wildman–Crippen MR) is 79.3 cm³/mol. The maximum atomic E-state index is 9.37. The molecular weight excluding hydrogens is 254 g/mol. The smallest absolute Gasteiger partial charge is 0.0753 e. The largest absolute Gasteiger partial charge is 0.198 e. The summed E-state index contributed by atoms with van der Waals surface area (Å²) in [5.74, 6) is -0.147. The van der Waals surface area contributed by atoms with Crippen molar-refractivity contribution in [3.05, 3.63) is 70.2 Å². The third-order valence-corrected chi connectivity index (χ3v) is 3.70. The van der Waals surface area contributed by atoms with Crippen LogP contribution in [0.1, 0.15) is 29.5 Å². The second-order valence-corrected chi connectivity index (χ2v) is 4.98. The lowest BCUT2D eigenvalue weighted by Gasteiger charge is -2.11. The predicted octanol–water partition coefficient (Wildman–Crippen LogP) is 4.75. The van der Waals surface area contributed by atoms with E-state index in [1.54, 1.807) is 0 Å². The van der Waals surface area contributed by atoms with E-state index in [0.29, 0.717) is 6.42 Å². The van der Waals surface area contributed by atoms with Crippen LogP contribution in [0.5, 0.6) is 0 Å². The average Bonchev–Trinajstić information content (AvgIpc) is 2.47. The topological polar surface area (TPSA) is 23.8 Å². The average molecular weight is 270 g/mol. The molecule has 19 heavy (non-hydrogen) atoms. The number of halogens is 1. The minimum atomic E-state index is -0.147. The highest BCUT2D eigenvalue weighted by Gasteiger charge is 2.13. The number of nitrogens with zero attached hydrogens (tertiary/aromatic N) is 1. The fourth-order valence-corrected chi connectivity index (χ4v) is 2.32. The molecule has 2 heteroatoms. The summed E-state index contributed by atoms with van der Waals surface area (Å²) < 4.78 is 0. The zero-order valence-corrected chi connectivity index (χ0v) is 11.7. The molecule has 1 unspecified atom stereocenters. The molecule has 96 valence electrons. The summed E-state index contributed by atoms with van der Waals surface area (Å²) >= 11 is 6.15. The van der Waals surface area contributed by atoms with Crippen LogP contribution >= 0.6 is 11.6 Å². The fraction of sp³-hybridized carbons (Fsp3) is 0.235. The van der Waals surface area contributed by atoms with Gasteiger partial charge < -0.3 is 0 Å². The van der Waals surface area contributed by atoms with E-state index in [2.05, 4.69) is 25.1 Å². The van der Waals surface area contributed by atoms with Crippen LogP contribution in [0.3, 0.4) is 0 Å². The Labute approximate surface area is 119 Å². The zero-order chi connectivity index (χ0) is 13.7. The molecule has 0 saturated carbocycles. The third-order valence-electron chi connectivity index (χ3n) is 3.33. The van der Waals surface area contributed by atoms with Gasteiger partial charge in [0, 0.05) is 5.02 Å². The molecule has 2 aromatic carbocycles. The third kappa shape index (κ3) is 3.36. The van der Waals surface area contributed by atoms with Crippen LogP contribution < -0.4 is 0 Å². The first-order valence-corrected chi connectivity index (χ1v) is 6.84. The van der Waals surface area contributed by atoms with E-state index in [-0.39, 0.29) is 5.92 Å². The molecule has 2 rings (SSSR count). The number of benzene rings is 2. The molecule has 0 spiro atoms. The first-order valence-electron chi connectivity index (χ1n) is 6.46. The van der Waals surface area contributed by atoms with Crippen LogP contribution in [0.2, 0.25) is 5.02 Å².